The SMILES string of the molecule is COC(=O)CP1(=O)OCCCO1. The summed E-state index contributed by atoms with van der Waals surface area (Å²) >= 11 is 0. The van der Waals surface area contributed by atoms with E-state index >= 15 is 0 Å². The number of ether oxygens (including phenoxy) is 1. The van der Waals surface area contributed by atoms with Crippen LogP contribution in [-0.2, 0) is 23.1 Å². The topological polar surface area (TPSA) is 61.8 Å². The van der Waals surface area contributed by atoms with Gasteiger partial charge in [-0.15, -0.1) is 0 Å². The standard InChI is InChI=1S/C6H11O5P/c1-9-6(7)5-12(8)10-3-2-4-11-12/h2-5H2,1H3. The van der Waals surface area contributed by atoms with Crippen LogP contribution in [0.4, 0.5) is 0 Å². The quantitative estimate of drug-likeness (QED) is 0.480. The monoisotopic (exact) mass is 194 g/mol. The van der Waals surface area contributed by atoms with Gasteiger partial charge in [-0.2, -0.15) is 0 Å². The Morgan fingerprint density at radius 3 is 2.58 bits per heavy atom. The van der Waals surface area contributed by atoms with Gasteiger partial charge in [0.25, 0.3) is 0 Å². The summed E-state index contributed by atoms with van der Waals surface area (Å²) in [6.45, 7) is 0.766. The van der Waals surface area contributed by atoms with Crippen LogP contribution in [0.15, 0.2) is 0 Å². The molecule has 0 aromatic carbocycles. The summed E-state index contributed by atoms with van der Waals surface area (Å²) in [6, 6.07) is 0. The molecule has 0 aromatic rings. The van der Waals surface area contributed by atoms with Crippen molar-refractivity contribution in [3.05, 3.63) is 0 Å². The third-order valence-corrected chi connectivity index (χ3v) is 3.21. The van der Waals surface area contributed by atoms with Gasteiger partial charge in [0.15, 0.2) is 0 Å². The first-order valence-corrected chi connectivity index (χ1v) is 5.34. The summed E-state index contributed by atoms with van der Waals surface area (Å²) in [6.07, 6.45) is 0.425. The zero-order valence-corrected chi connectivity index (χ0v) is 7.71. The summed E-state index contributed by atoms with van der Waals surface area (Å²) < 4.78 is 25.5. The molecule has 0 atom stereocenters. The number of rotatable bonds is 2. The zero-order valence-electron chi connectivity index (χ0n) is 6.82. The molecule has 0 spiro atoms. The van der Waals surface area contributed by atoms with E-state index in [2.05, 4.69) is 4.74 Å². The van der Waals surface area contributed by atoms with Crippen molar-refractivity contribution in [3.8, 4) is 0 Å². The molecule has 0 unspecified atom stereocenters. The van der Waals surface area contributed by atoms with Crippen LogP contribution in [0.2, 0.25) is 0 Å². The Balaban J connectivity index is 2.47. The molecule has 1 rings (SSSR count). The van der Waals surface area contributed by atoms with E-state index in [-0.39, 0.29) is 6.16 Å². The molecular weight excluding hydrogens is 183 g/mol. The molecular formula is C6H11O5P. The minimum Gasteiger partial charge on any atom is -0.469 e. The average Bonchev–Trinajstić information content (AvgIpc) is 2.05. The second-order valence-electron chi connectivity index (χ2n) is 2.37. The number of hydrogen-bond donors (Lipinski definition) is 0. The molecule has 1 aliphatic heterocycles. The molecule has 0 amide bonds. The van der Waals surface area contributed by atoms with Gasteiger partial charge in [-0.05, 0) is 6.42 Å². The third kappa shape index (κ3) is 2.59. The van der Waals surface area contributed by atoms with Crippen molar-refractivity contribution in [2.75, 3.05) is 26.5 Å². The molecule has 0 radical (unpaired) electrons. The van der Waals surface area contributed by atoms with Gasteiger partial charge in [0.1, 0.15) is 6.16 Å². The molecule has 0 bridgehead atoms. The van der Waals surface area contributed by atoms with Crippen LogP contribution < -0.4 is 0 Å². The van der Waals surface area contributed by atoms with Crippen molar-refractivity contribution in [1.82, 2.24) is 0 Å². The smallest absolute Gasteiger partial charge is 0.341 e. The average molecular weight is 194 g/mol. The first-order valence-electron chi connectivity index (χ1n) is 3.61. The Labute approximate surface area is 70.5 Å². The molecule has 1 aliphatic rings. The summed E-state index contributed by atoms with van der Waals surface area (Å²) in [7, 11) is -1.93. The Kier molecular flexibility index (Phi) is 3.26. The van der Waals surface area contributed by atoms with Crippen molar-refractivity contribution >= 4 is 13.6 Å². The maximum absolute atomic E-state index is 11.5. The molecule has 1 fully saturated rings. The molecule has 0 aromatic heterocycles. The summed E-state index contributed by atoms with van der Waals surface area (Å²) in [5, 5.41) is 0. The minimum absolute atomic E-state index is 0.288. The number of carbonyl (C=O) groups is 1. The van der Waals surface area contributed by atoms with Gasteiger partial charge in [-0.25, -0.2) is 0 Å². The van der Waals surface area contributed by atoms with Crippen LogP contribution in [0.1, 0.15) is 6.42 Å². The summed E-state index contributed by atoms with van der Waals surface area (Å²) in [5.41, 5.74) is 0. The fourth-order valence-electron chi connectivity index (χ4n) is 0.817. The van der Waals surface area contributed by atoms with Crippen molar-refractivity contribution in [2.24, 2.45) is 0 Å². The highest BCUT2D eigenvalue weighted by Crippen LogP contribution is 2.50. The van der Waals surface area contributed by atoms with Crippen LogP contribution in [0.3, 0.4) is 0 Å². The number of carbonyl (C=O) groups excluding carboxylic acids is 1. The fourth-order valence-corrected chi connectivity index (χ4v) is 2.33. The van der Waals surface area contributed by atoms with E-state index in [1.54, 1.807) is 0 Å². The van der Waals surface area contributed by atoms with Crippen molar-refractivity contribution < 1.29 is 23.1 Å². The van der Waals surface area contributed by atoms with Crippen LogP contribution >= 0.6 is 7.60 Å². The maximum Gasteiger partial charge on any atom is 0.341 e. The summed E-state index contributed by atoms with van der Waals surface area (Å²) in [4.78, 5) is 10.7. The first-order chi connectivity index (χ1) is 5.66. The predicted molar refractivity (Wildman–Crippen MR) is 41.0 cm³/mol. The summed E-state index contributed by atoms with van der Waals surface area (Å²) in [5.74, 6) is -0.569. The first kappa shape index (κ1) is 9.71. The second kappa shape index (κ2) is 4.03. The van der Waals surface area contributed by atoms with E-state index < -0.39 is 13.6 Å². The molecule has 0 aliphatic carbocycles. The highest BCUT2D eigenvalue weighted by Gasteiger charge is 2.31. The molecule has 1 saturated heterocycles. The van der Waals surface area contributed by atoms with E-state index in [0.717, 1.165) is 0 Å². The Hall–Kier alpha value is -0.380. The van der Waals surface area contributed by atoms with Crippen molar-refractivity contribution in [2.45, 2.75) is 6.42 Å². The number of esters is 1. The zero-order chi connectivity index (χ0) is 9.03. The Bertz CT molecular complexity index is 204. The lowest BCUT2D eigenvalue weighted by molar-refractivity contribution is -0.137. The predicted octanol–water partition coefficient (Wildman–Crippen LogP) is 0.789. The van der Waals surface area contributed by atoms with Gasteiger partial charge in [0.05, 0.1) is 20.3 Å². The van der Waals surface area contributed by atoms with E-state index in [1.165, 1.54) is 7.11 Å². The van der Waals surface area contributed by atoms with Crippen molar-refractivity contribution in [3.63, 3.8) is 0 Å². The second-order valence-corrected chi connectivity index (χ2v) is 4.42. The molecule has 70 valence electrons. The lowest BCUT2D eigenvalue weighted by Gasteiger charge is -2.21. The van der Waals surface area contributed by atoms with Gasteiger partial charge in [0.2, 0.25) is 0 Å². The van der Waals surface area contributed by atoms with Gasteiger partial charge < -0.3 is 13.8 Å². The lowest BCUT2D eigenvalue weighted by atomic mass is 10.5. The lowest BCUT2D eigenvalue weighted by Crippen LogP contribution is -2.16. The molecule has 6 heteroatoms. The van der Waals surface area contributed by atoms with Crippen LogP contribution in [0.25, 0.3) is 0 Å². The largest absolute Gasteiger partial charge is 0.469 e. The highest BCUT2D eigenvalue weighted by atomic mass is 31.2. The van der Waals surface area contributed by atoms with Gasteiger partial charge >= 0.3 is 13.6 Å². The number of hydrogen-bond acceptors (Lipinski definition) is 5. The van der Waals surface area contributed by atoms with Gasteiger partial charge in [-0.3, -0.25) is 9.36 Å². The van der Waals surface area contributed by atoms with Gasteiger partial charge in [0, 0.05) is 0 Å². The fraction of sp³-hybridized carbons (Fsp3) is 0.833. The third-order valence-electron chi connectivity index (χ3n) is 1.42. The van der Waals surface area contributed by atoms with E-state index in [0.29, 0.717) is 19.6 Å². The Morgan fingerprint density at radius 2 is 2.08 bits per heavy atom. The normalized spacial score (nSPS) is 21.8. The van der Waals surface area contributed by atoms with Crippen LogP contribution in [-0.4, -0.2) is 32.5 Å². The molecule has 0 N–H and O–H groups in total. The molecule has 5 nitrogen and oxygen atoms in total. The van der Waals surface area contributed by atoms with E-state index in [4.69, 9.17) is 9.05 Å². The van der Waals surface area contributed by atoms with E-state index in [9.17, 15) is 9.36 Å². The van der Waals surface area contributed by atoms with Gasteiger partial charge in [-0.1, -0.05) is 0 Å². The maximum atomic E-state index is 11.5. The van der Waals surface area contributed by atoms with Crippen LogP contribution in [0, 0.1) is 0 Å². The van der Waals surface area contributed by atoms with Crippen molar-refractivity contribution in [1.29, 1.82) is 0 Å². The Morgan fingerprint density at radius 1 is 1.50 bits per heavy atom. The molecule has 12 heavy (non-hydrogen) atoms. The molecule has 1 heterocycles. The van der Waals surface area contributed by atoms with Crippen LogP contribution in [0.5, 0.6) is 0 Å². The number of methoxy groups -OCH3 is 1. The molecule has 0 saturated carbocycles. The van der Waals surface area contributed by atoms with E-state index in [1.807, 2.05) is 0 Å². The highest BCUT2D eigenvalue weighted by molar-refractivity contribution is 7.54. The minimum atomic E-state index is -3.16.